The van der Waals surface area contributed by atoms with Gasteiger partial charge in [-0.05, 0) is 19.3 Å². The van der Waals surface area contributed by atoms with E-state index < -0.39 is 124 Å². The van der Waals surface area contributed by atoms with E-state index in [1.54, 1.807) is 6.08 Å². The number of unbranched alkanes of at least 4 members (excludes halogenated alkanes) is 40. The minimum Gasteiger partial charge on any atom is -0.394 e. The van der Waals surface area contributed by atoms with Crippen LogP contribution in [0, 0.1) is 0 Å². The molecule has 3 saturated heterocycles. The van der Waals surface area contributed by atoms with E-state index in [2.05, 4.69) is 19.2 Å². The van der Waals surface area contributed by atoms with E-state index in [1.165, 1.54) is 218 Å². The SMILES string of the molecule is CCCCCCCCCCCCCCCCCC/C=C/C(O)C(COC1OC(CO)C(OC2OC(CO)C(OC3OC(CO)C(O)C(O)C3O)C(O)C2O)C(O)C1O)NC(=O)CCCCCCCCCCCCCCCCCCCCCCCCCCC. The molecular weight excluding hydrogens is 1130 g/mol. The Labute approximate surface area is 531 Å². The molecule has 0 aromatic heterocycles. The van der Waals surface area contributed by atoms with Crippen LogP contribution in [-0.4, -0.2) is 193 Å². The average Bonchev–Trinajstić information content (AvgIpc) is 3.69. The van der Waals surface area contributed by atoms with Gasteiger partial charge < -0.3 is 89.9 Å². The Morgan fingerprint density at radius 1 is 0.398 bits per heavy atom. The van der Waals surface area contributed by atoms with Gasteiger partial charge >= 0.3 is 0 Å². The number of nitrogens with one attached hydrogen (secondary N) is 1. The zero-order valence-electron chi connectivity index (χ0n) is 55.0. The van der Waals surface area contributed by atoms with Gasteiger partial charge in [0.05, 0.1) is 38.6 Å². The zero-order valence-corrected chi connectivity index (χ0v) is 55.0. The van der Waals surface area contributed by atoms with Crippen molar-refractivity contribution in [2.24, 2.45) is 0 Å². The Kier molecular flexibility index (Phi) is 47.6. The van der Waals surface area contributed by atoms with Gasteiger partial charge in [0.25, 0.3) is 0 Å². The standard InChI is InChI=1S/C69H131NO18/c1-3-5-7-9-11-13-15-17-19-21-23-24-25-26-27-28-29-31-33-35-37-39-41-43-45-47-57(75)70-52(53(74)46-44-42-40-38-36-34-32-30-22-20-18-16-14-12-10-8-6-4-2)51-83-67-63(81)60(78)65(55(49-72)85-67)88-69-64(82)61(79)66(56(50-73)86-69)87-68-62(80)59(77)58(76)54(48-71)84-68/h44,46,52-56,58-69,71-74,76-82H,3-43,45,47-51H2,1-2H3,(H,70,75)/b46-44+. The monoisotopic (exact) mass is 1260 g/mol. The minimum absolute atomic E-state index is 0.250. The van der Waals surface area contributed by atoms with Crippen LogP contribution < -0.4 is 5.32 Å². The van der Waals surface area contributed by atoms with Crippen LogP contribution in [0.15, 0.2) is 12.2 Å². The summed E-state index contributed by atoms with van der Waals surface area (Å²) in [5, 5.41) is 121. The summed E-state index contributed by atoms with van der Waals surface area (Å²) in [4.78, 5) is 13.4. The van der Waals surface area contributed by atoms with E-state index in [1.807, 2.05) is 6.08 Å². The van der Waals surface area contributed by atoms with Crippen LogP contribution >= 0.6 is 0 Å². The largest absolute Gasteiger partial charge is 0.394 e. The average molecular weight is 1260 g/mol. The van der Waals surface area contributed by atoms with Crippen LogP contribution in [0.25, 0.3) is 0 Å². The number of ether oxygens (including phenoxy) is 6. The van der Waals surface area contributed by atoms with E-state index in [-0.39, 0.29) is 18.9 Å². The second-order valence-corrected chi connectivity index (χ2v) is 26.1. The maximum absolute atomic E-state index is 13.4. The molecule has 0 saturated carbocycles. The zero-order chi connectivity index (χ0) is 64.0. The smallest absolute Gasteiger partial charge is 0.220 e. The van der Waals surface area contributed by atoms with Crippen molar-refractivity contribution in [1.82, 2.24) is 5.32 Å². The lowest BCUT2D eigenvalue weighted by Gasteiger charge is -2.48. The maximum atomic E-state index is 13.4. The highest BCUT2D eigenvalue weighted by Crippen LogP contribution is 2.33. The summed E-state index contributed by atoms with van der Waals surface area (Å²) in [6.07, 6.45) is 30.4. The predicted octanol–water partition coefficient (Wildman–Crippen LogP) is 9.67. The van der Waals surface area contributed by atoms with E-state index in [4.69, 9.17) is 28.4 Å². The molecule has 0 aromatic carbocycles. The topological polar surface area (TPSA) is 307 Å². The molecular formula is C69H131NO18. The number of aliphatic hydroxyl groups is 11. The molecule has 520 valence electrons. The Hall–Kier alpha value is -1.47. The molecule has 17 atom stereocenters. The van der Waals surface area contributed by atoms with Crippen molar-refractivity contribution in [3.8, 4) is 0 Å². The highest BCUT2D eigenvalue weighted by atomic mass is 16.8. The van der Waals surface area contributed by atoms with Crippen molar-refractivity contribution in [2.75, 3.05) is 26.4 Å². The van der Waals surface area contributed by atoms with Crippen molar-refractivity contribution >= 4 is 5.91 Å². The highest BCUT2D eigenvalue weighted by Gasteiger charge is 2.53. The van der Waals surface area contributed by atoms with Crippen molar-refractivity contribution in [3.63, 3.8) is 0 Å². The number of hydrogen-bond donors (Lipinski definition) is 12. The number of aliphatic hydroxyl groups excluding tert-OH is 11. The third-order valence-electron chi connectivity index (χ3n) is 18.3. The lowest BCUT2D eigenvalue weighted by atomic mass is 9.96. The Bertz CT molecular complexity index is 1650. The number of allylic oxidation sites excluding steroid dienone is 1. The fourth-order valence-electron chi connectivity index (χ4n) is 12.5. The third-order valence-corrected chi connectivity index (χ3v) is 18.3. The molecule has 3 fully saturated rings. The Balaban J connectivity index is 1.42. The number of amides is 1. The second-order valence-electron chi connectivity index (χ2n) is 26.1. The van der Waals surface area contributed by atoms with Gasteiger partial charge in [0.15, 0.2) is 18.9 Å². The van der Waals surface area contributed by atoms with Crippen LogP contribution in [0.5, 0.6) is 0 Å². The van der Waals surface area contributed by atoms with Crippen molar-refractivity contribution in [2.45, 2.75) is 394 Å². The molecule has 3 aliphatic heterocycles. The second kappa shape index (κ2) is 51.9. The third kappa shape index (κ3) is 33.6. The Morgan fingerprint density at radius 3 is 1.07 bits per heavy atom. The van der Waals surface area contributed by atoms with Gasteiger partial charge in [0.1, 0.15) is 73.2 Å². The van der Waals surface area contributed by atoms with Gasteiger partial charge in [0.2, 0.25) is 5.91 Å². The molecule has 0 aromatic rings. The van der Waals surface area contributed by atoms with Crippen LogP contribution in [0.3, 0.4) is 0 Å². The Morgan fingerprint density at radius 2 is 0.705 bits per heavy atom. The quantitative estimate of drug-likeness (QED) is 0.0199. The minimum atomic E-state index is -1.98. The van der Waals surface area contributed by atoms with Crippen molar-refractivity contribution in [3.05, 3.63) is 12.2 Å². The predicted molar refractivity (Wildman–Crippen MR) is 342 cm³/mol. The van der Waals surface area contributed by atoms with E-state index in [0.717, 1.165) is 44.9 Å². The molecule has 1 amide bonds. The summed E-state index contributed by atoms with van der Waals surface area (Å²) >= 11 is 0. The molecule has 0 aliphatic carbocycles. The molecule has 88 heavy (non-hydrogen) atoms. The number of carbonyl (C=O) groups excluding carboxylic acids is 1. The molecule has 17 unspecified atom stereocenters. The van der Waals surface area contributed by atoms with Crippen LogP contribution in [0.2, 0.25) is 0 Å². The molecule has 0 bridgehead atoms. The molecule has 12 N–H and O–H groups in total. The fraction of sp³-hybridized carbons (Fsp3) is 0.957. The summed E-state index contributed by atoms with van der Waals surface area (Å²) in [7, 11) is 0. The van der Waals surface area contributed by atoms with Crippen molar-refractivity contribution in [1.29, 1.82) is 0 Å². The summed E-state index contributed by atoms with van der Waals surface area (Å²) < 4.78 is 34.4. The van der Waals surface area contributed by atoms with Gasteiger partial charge in [-0.15, -0.1) is 0 Å². The van der Waals surface area contributed by atoms with Crippen LogP contribution in [0.4, 0.5) is 0 Å². The molecule has 19 heteroatoms. The summed E-state index contributed by atoms with van der Waals surface area (Å²) in [6, 6.07) is -0.968. The van der Waals surface area contributed by atoms with Crippen LogP contribution in [-0.2, 0) is 33.2 Å². The first kappa shape index (κ1) is 80.8. The normalized spacial score (nSPS) is 28.4. The summed E-state index contributed by atoms with van der Waals surface area (Å²) in [6.45, 7) is 1.78. The van der Waals surface area contributed by atoms with E-state index >= 15 is 0 Å². The lowest BCUT2D eigenvalue weighted by molar-refractivity contribution is -0.379. The first-order valence-corrected chi connectivity index (χ1v) is 35.9. The molecule has 0 radical (unpaired) electrons. The fourth-order valence-corrected chi connectivity index (χ4v) is 12.5. The van der Waals surface area contributed by atoms with E-state index in [9.17, 15) is 61.0 Å². The first-order valence-electron chi connectivity index (χ1n) is 35.9. The molecule has 19 nitrogen and oxygen atoms in total. The van der Waals surface area contributed by atoms with Gasteiger partial charge in [-0.25, -0.2) is 0 Å². The highest BCUT2D eigenvalue weighted by molar-refractivity contribution is 5.76. The van der Waals surface area contributed by atoms with Crippen LogP contribution in [0.1, 0.15) is 290 Å². The summed E-state index contributed by atoms with van der Waals surface area (Å²) in [5.74, 6) is -0.268. The molecule has 3 heterocycles. The lowest BCUT2D eigenvalue weighted by Crippen LogP contribution is -2.66. The molecule has 3 rings (SSSR count). The first-order chi connectivity index (χ1) is 42.8. The van der Waals surface area contributed by atoms with E-state index in [0.29, 0.717) is 6.42 Å². The number of rotatable bonds is 56. The van der Waals surface area contributed by atoms with Gasteiger partial charge in [-0.2, -0.15) is 0 Å². The van der Waals surface area contributed by atoms with Gasteiger partial charge in [-0.1, -0.05) is 276 Å². The van der Waals surface area contributed by atoms with Gasteiger partial charge in [0, 0.05) is 6.42 Å². The number of carbonyl (C=O) groups is 1. The van der Waals surface area contributed by atoms with Gasteiger partial charge in [-0.3, -0.25) is 4.79 Å². The number of hydrogen-bond acceptors (Lipinski definition) is 18. The van der Waals surface area contributed by atoms with Crippen molar-refractivity contribution < 1.29 is 89.4 Å². The maximum Gasteiger partial charge on any atom is 0.220 e. The molecule has 0 spiro atoms. The summed E-state index contributed by atoms with van der Waals surface area (Å²) in [5.41, 5.74) is 0. The molecule has 3 aliphatic rings.